The van der Waals surface area contributed by atoms with E-state index in [1.165, 1.54) is 7.11 Å². The zero-order valence-electron chi connectivity index (χ0n) is 14.7. The second-order valence-electron chi connectivity index (χ2n) is 5.71. The lowest BCUT2D eigenvalue weighted by Crippen LogP contribution is -2.11. The molecular formula is C20H17N3O3. The molecule has 130 valence electrons. The summed E-state index contributed by atoms with van der Waals surface area (Å²) in [5.74, 6) is 1.41. The first-order chi connectivity index (χ1) is 12.5. The van der Waals surface area contributed by atoms with Gasteiger partial charge < -0.3 is 14.5 Å². The lowest BCUT2D eigenvalue weighted by atomic mass is 10.1. The highest BCUT2D eigenvalue weighted by molar-refractivity contribution is 5.90. The van der Waals surface area contributed by atoms with E-state index in [2.05, 4.69) is 16.0 Å². The van der Waals surface area contributed by atoms with Gasteiger partial charge in [0.1, 0.15) is 17.6 Å². The van der Waals surface area contributed by atoms with Gasteiger partial charge >= 0.3 is 0 Å². The number of aromatic nitrogens is 2. The van der Waals surface area contributed by atoms with E-state index in [9.17, 15) is 10.1 Å². The molecule has 1 N–H and O–H groups in total. The van der Waals surface area contributed by atoms with E-state index in [0.29, 0.717) is 28.0 Å². The van der Waals surface area contributed by atoms with E-state index in [4.69, 9.17) is 9.47 Å². The maximum Gasteiger partial charge on any atom is 0.259 e. The molecular weight excluding hydrogens is 330 g/mol. The lowest BCUT2D eigenvalue weighted by molar-refractivity contribution is 0.394. The number of rotatable bonds is 4. The van der Waals surface area contributed by atoms with Gasteiger partial charge in [0.15, 0.2) is 5.82 Å². The first-order valence-electron chi connectivity index (χ1n) is 7.90. The average Bonchev–Trinajstić information content (AvgIpc) is 2.66. The van der Waals surface area contributed by atoms with Crippen LogP contribution in [-0.2, 0) is 0 Å². The minimum absolute atomic E-state index is 0.215. The van der Waals surface area contributed by atoms with Crippen LogP contribution in [0.3, 0.4) is 0 Å². The number of aromatic amines is 1. The molecule has 1 heterocycles. The molecule has 26 heavy (non-hydrogen) atoms. The molecule has 0 radical (unpaired) electrons. The molecule has 2 aromatic carbocycles. The Balaban J connectivity index is 2.14. The summed E-state index contributed by atoms with van der Waals surface area (Å²) in [5, 5.41) is 10.1. The molecule has 0 saturated heterocycles. The minimum Gasteiger partial charge on any atom is -0.497 e. The number of benzene rings is 2. The Morgan fingerprint density at radius 3 is 2.69 bits per heavy atom. The van der Waals surface area contributed by atoms with Crippen molar-refractivity contribution in [1.29, 1.82) is 5.26 Å². The fraction of sp³-hybridized carbons (Fsp3) is 0.150. The van der Waals surface area contributed by atoms with Crippen molar-refractivity contribution in [3.05, 3.63) is 63.7 Å². The fourth-order valence-electron chi connectivity index (χ4n) is 2.63. The van der Waals surface area contributed by atoms with E-state index >= 15 is 0 Å². The normalized spacial score (nSPS) is 11.2. The highest BCUT2D eigenvalue weighted by Gasteiger charge is 2.11. The first kappa shape index (κ1) is 17.2. The highest BCUT2D eigenvalue weighted by Crippen LogP contribution is 2.28. The summed E-state index contributed by atoms with van der Waals surface area (Å²) in [6, 6.07) is 12.8. The van der Waals surface area contributed by atoms with Gasteiger partial charge in [-0.15, -0.1) is 0 Å². The van der Waals surface area contributed by atoms with Gasteiger partial charge in [0.05, 0.1) is 30.7 Å². The maximum absolute atomic E-state index is 12.4. The third-order valence-corrected chi connectivity index (χ3v) is 3.98. The smallest absolute Gasteiger partial charge is 0.259 e. The predicted octanol–water partition coefficient (Wildman–Crippen LogP) is 3.31. The quantitative estimate of drug-likeness (QED) is 0.732. The molecule has 3 aromatic rings. The van der Waals surface area contributed by atoms with Gasteiger partial charge in [-0.2, -0.15) is 5.26 Å². The van der Waals surface area contributed by atoms with Crippen LogP contribution in [0.4, 0.5) is 0 Å². The number of methoxy groups -OCH3 is 2. The van der Waals surface area contributed by atoms with Crippen molar-refractivity contribution in [2.45, 2.75) is 6.92 Å². The Bertz CT molecular complexity index is 1110. The summed E-state index contributed by atoms with van der Waals surface area (Å²) in [6.45, 7) is 1.91. The Kier molecular flexibility index (Phi) is 4.72. The highest BCUT2D eigenvalue weighted by atomic mass is 16.5. The average molecular weight is 347 g/mol. The molecule has 1 aromatic heterocycles. The molecule has 0 aliphatic heterocycles. The van der Waals surface area contributed by atoms with E-state index < -0.39 is 0 Å². The number of allylic oxidation sites excluding steroid dienone is 1. The fourth-order valence-corrected chi connectivity index (χ4v) is 2.63. The molecule has 6 nitrogen and oxygen atoms in total. The van der Waals surface area contributed by atoms with Crippen LogP contribution in [0.1, 0.15) is 17.0 Å². The van der Waals surface area contributed by atoms with Crippen LogP contribution in [0, 0.1) is 18.3 Å². The topological polar surface area (TPSA) is 88.0 Å². The summed E-state index contributed by atoms with van der Waals surface area (Å²) in [4.78, 5) is 19.5. The molecule has 0 aliphatic carbocycles. The van der Waals surface area contributed by atoms with Crippen LogP contribution >= 0.6 is 0 Å². The molecule has 0 spiro atoms. The number of hydrogen-bond acceptors (Lipinski definition) is 5. The second-order valence-corrected chi connectivity index (χ2v) is 5.71. The van der Waals surface area contributed by atoms with Gasteiger partial charge in [-0.3, -0.25) is 4.79 Å². The van der Waals surface area contributed by atoms with Crippen LogP contribution < -0.4 is 15.0 Å². The largest absolute Gasteiger partial charge is 0.497 e. The number of nitrogens with one attached hydrogen (secondary N) is 1. The van der Waals surface area contributed by atoms with Crippen LogP contribution in [0.15, 0.2) is 41.2 Å². The van der Waals surface area contributed by atoms with E-state index in [-0.39, 0.29) is 17.0 Å². The van der Waals surface area contributed by atoms with E-state index in [0.717, 1.165) is 5.56 Å². The first-order valence-corrected chi connectivity index (χ1v) is 7.90. The van der Waals surface area contributed by atoms with Crippen molar-refractivity contribution in [3.63, 3.8) is 0 Å². The molecule has 0 fully saturated rings. The van der Waals surface area contributed by atoms with Crippen molar-refractivity contribution < 1.29 is 9.47 Å². The monoisotopic (exact) mass is 347 g/mol. The van der Waals surface area contributed by atoms with Crippen LogP contribution in [0.5, 0.6) is 11.5 Å². The number of aryl methyl sites for hydroxylation is 1. The zero-order valence-corrected chi connectivity index (χ0v) is 14.7. The number of fused-ring (bicyclic) bond motifs is 1. The Morgan fingerprint density at radius 2 is 2.00 bits per heavy atom. The number of ether oxygens (including phenoxy) is 2. The molecule has 0 unspecified atom stereocenters. The summed E-state index contributed by atoms with van der Waals surface area (Å²) in [5.41, 5.74) is 2.13. The molecule has 3 rings (SSSR count). The van der Waals surface area contributed by atoms with Gasteiger partial charge in [0.2, 0.25) is 0 Å². The Morgan fingerprint density at radius 1 is 1.19 bits per heavy atom. The van der Waals surface area contributed by atoms with Gasteiger partial charge in [0, 0.05) is 11.6 Å². The molecule has 0 saturated carbocycles. The van der Waals surface area contributed by atoms with Crippen LogP contribution in [0.2, 0.25) is 0 Å². The molecule has 0 atom stereocenters. The zero-order chi connectivity index (χ0) is 18.7. The molecule has 0 bridgehead atoms. The summed E-state index contributed by atoms with van der Waals surface area (Å²) in [7, 11) is 3.10. The van der Waals surface area contributed by atoms with E-state index in [1.54, 1.807) is 43.5 Å². The Labute approximate surface area is 150 Å². The summed E-state index contributed by atoms with van der Waals surface area (Å²) < 4.78 is 10.5. The van der Waals surface area contributed by atoms with Crippen molar-refractivity contribution in [2.75, 3.05) is 14.2 Å². The summed E-state index contributed by atoms with van der Waals surface area (Å²) in [6.07, 6.45) is 1.62. The SMILES string of the molecule is COc1ccc(C=C(C#N)c2nc3ccc(C)cc3c(=O)[nH]2)c(OC)c1. The molecule has 6 heteroatoms. The number of hydrogen-bond donors (Lipinski definition) is 1. The number of nitriles is 1. The van der Waals surface area contributed by atoms with Crippen molar-refractivity contribution >= 4 is 22.6 Å². The van der Waals surface area contributed by atoms with Gasteiger partial charge in [-0.25, -0.2) is 4.98 Å². The lowest BCUT2D eigenvalue weighted by Gasteiger charge is -2.08. The van der Waals surface area contributed by atoms with Crippen molar-refractivity contribution in [2.24, 2.45) is 0 Å². The van der Waals surface area contributed by atoms with Gasteiger partial charge in [0.25, 0.3) is 5.56 Å². The maximum atomic E-state index is 12.4. The van der Waals surface area contributed by atoms with Crippen molar-refractivity contribution in [1.82, 2.24) is 9.97 Å². The summed E-state index contributed by atoms with van der Waals surface area (Å²) >= 11 is 0. The number of H-pyrrole nitrogens is 1. The molecule has 0 aliphatic rings. The van der Waals surface area contributed by atoms with Crippen molar-refractivity contribution in [3.8, 4) is 17.6 Å². The third kappa shape index (κ3) is 3.28. The standard InChI is InChI=1S/C20H17N3O3/c1-12-4-7-17-16(8-12)20(24)23-19(22-17)14(11-21)9-13-5-6-15(25-2)10-18(13)26-3/h4-10H,1-3H3,(H,22,23,24). The molecule has 0 amide bonds. The third-order valence-electron chi connectivity index (χ3n) is 3.98. The minimum atomic E-state index is -0.281. The van der Waals surface area contributed by atoms with Gasteiger partial charge in [-0.1, -0.05) is 11.6 Å². The van der Waals surface area contributed by atoms with Crippen LogP contribution in [-0.4, -0.2) is 24.2 Å². The van der Waals surface area contributed by atoms with Crippen LogP contribution in [0.25, 0.3) is 22.6 Å². The second kappa shape index (κ2) is 7.11. The Hall–Kier alpha value is -3.59. The van der Waals surface area contributed by atoms with E-state index in [1.807, 2.05) is 13.0 Å². The predicted molar refractivity (Wildman–Crippen MR) is 100 cm³/mol. The van der Waals surface area contributed by atoms with Gasteiger partial charge in [-0.05, 0) is 37.3 Å². The number of nitrogens with zero attached hydrogens (tertiary/aromatic N) is 2.